The average molecular weight is 420 g/mol. The molecule has 0 aromatic heterocycles. The van der Waals surface area contributed by atoms with E-state index in [0.29, 0.717) is 42.6 Å². The molecular formula is C20H22BrNO4. The summed E-state index contributed by atoms with van der Waals surface area (Å²) in [5, 5.41) is 3.01. The summed E-state index contributed by atoms with van der Waals surface area (Å²) in [5.74, 6) is 1.41. The van der Waals surface area contributed by atoms with Crippen LogP contribution in [0.3, 0.4) is 0 Å². The van der Waals surface area contributed by atoms with Crippen LogP contribution in [0.2, 0.25) is 0 Å². The lowest BCUT2D eigenvalue weighted by molar-refractivity contribution is 0.0943. The van der Waals surface area contributed by atoms with E-state index >= 15 is 0 Å². The number of hydrogen-bond donors (Lipinski definition) is 1. The van der Waals surface area contributed by atoms with Crippen molar-refractivity contribution < 1.29 is 19.0 Å². The summed E-state index contributed by atoms with van der Waals surface area (Å²) in [4.78, 5) is 12.7. The molecule has 0 bridgehead atoms. The molecule has 1 aliphatic heterocycles. The van der Waals surface area contributed by atoms with Gasteiger partial charge in [0.15, 0.2) is 11.5 Å². The van der Waals surface area contributed by atoms with E-state index in [9.17, 15) is 4.79 Å². The highest BCUT2D eigenvalue weighted by Crippen LogP contribution is 2.40. The van der Waals surface area contributed by atoms with Crippen molar-refractivity contribution >= 4 is 21.8 Å². The minimum absolute atomic E-state index is 0.175. The molecule has 26 heavy (non-hydrogen) atoms. The molecule has 0 spiro atoms. The number of nitrogens with one attached hydrogen (secondary N) is 1. The molecule has 6 heteroatoms. The van der Waals surface area contributed by atoms with Gasteiger partial charge in [0.05, 0.1) is 7.11 Å². The van der Waals surface area contributed by atoms with Crippen LogP contribution in [-0.2, 0) is 5.41 Å². The highest BCUT2D eigenvalue weighted by molar-refractivity contribution is 9.10. The maximum Gasteiger partial charge on any atom is 0.251 e. The van der Waals surface area contributed by atoms with Gasteiger partial charge in [-0.15, -0.1) is 0 Å². The van der Waals surface area contributed by atoms with Gasteiger partial charge in [0.1, 0.15) is 13.2 Å². The number of fused-ring (bicyclic) bond motifs is 1. The molecule has 1 N–H and O–H groups in total. The van der Waals surface area contributed by atoms with Crippen LogP contribution in [-0.4, -0.2) is 32.8 Å². The Morgan fingerprint density at radius 3 is 2.58 bits per heavy atom. The number of carbonyl (C=O) groups excluding carboxylic acids is 1. The Bertz CT molecular complexity index is 785. The molecule has 1 amide bonds. The van der Waals surface area contributed by atoms with Gasteiger partial charge < -0.3 is 19.5 Å². The van der Waals surface area contributed by atoms with Crippen LogP contribution >= 0.6 is 15.9 Å². The first-order chi connectivity index (χ1) is 12.4. The Balaban J connectivity index is 1.74. The second-order valence-electron chi connectivity index (χ2n) is 6.78. The first-order valence-corrected chi connectivity index (χ1v) is 9.22. The second kappa shape index (κ2) is 7.58. The molecule has 1 heterocycles. The van der Waals surface area contributed by atoms with E-state index in [1.807, 2.05) is 12.1 Å². The van der Waals surface area contributed by atoms with Gasteiger partial charge in [-0.1, -0.05) is 41.9 Å². The molecule has 3 rings (SSSR count). The van der Waals surface area contributed by atoms with Crippen LogP contribution in [0.5, 0.6) is 17.2 Å². The van der Waals surface area contributed by atoms with Gasteiger partial charge in [-0.3, -0.25) is 4.79 Å². The molecule has 0 aliphatic carbocycles. The lowest BCUT2D eigenvalue weighted by Crippen LogP contribution is -2.36. The van der Waals surface area contributed by atoms with E-state index in [0.717, 1.165) is 10.0 Å². The summed E-state index contributed by atoms with van der Waals surface area (Å²) in [7, 11) is 1.55. The van der Waals surface area contributed by atoms with Gasteiger partial charge >= 0.3 is 0 Å². The van der Waals surface area contributed by atoms with Crippen LogP contribution in [0, 0.1) is 0 Å². The quantitative estimate of drug-likeness (QED) is 0.797. The topological polar surface area (TPSA) is 56.8 Å². The minimum atomic E-state index is -0.200. The average Bonchev–Trinajstić information content (AvgIpc) is 2.65. The summed E-state index contributed by atoms with van der Waals surface area (Å²) in [6, 6.07) is 11.5. The highest BCUT2D eigenvalue weighted by atomic mass is 79.9. The van der Waals surface area contributed by atoms with Gasteiger partial charge in [0.2, 0.25) is 5.75 Å². The number of hydrogen-bond acceptors (Lipinski definition) is 4. The maximum atomic E-state index is 12.7. The molecule has 5 nitrogen and oxygen atoms in total. The van der Waals surface area contributed by atoms with Crippen molar-refractivity contribution in [1.82, 2.24) is 5.32 Å². The zero-order valence-electron chi connectivity index (χ0n) is 15.1. The largest absolute Gasteiger partial charge is 0.493 e. The van der Waals surface area contributed by atoms with Crippen LogP contribution in [0.1, 0.15) is 29.8 Å². The summed E-state index contributed by atoms with van der Waals surface area (Å²) < 4.78 is 17.5. The normalized spacial score (nSPS) is 13.2. The van der Waals surface area contributed by atoms with Crippen molar-refractivity contribution in [2.24, 2.45) is 0 Å². The van der Waals surface area contributed by atoms with E-state index in [2.05, 4.69) is 47.2 Å². The number of methoxy groups -OCH3 is 1. The Labute approximate surface area is 161 Å². The minimum Gasteiger partial charge on any atom is -0.493 e. The van der Waals surface area contributed by atoms with Gasteiger partial charge in [0.25, 0.3) is 5.91 Å². The number of ether oxygens (including phenoxy) is 3. The number of rotatable bonds is 5. The summed E-state index contributed by atoms with van der Waals surface area (Å²) >= 11 is 3.44. The van der Waals surface area contributed by atoms with E-state index in [1.165, 1.54) is 0 Å². The predicted molar refractivity (Wildman–Crippen MR) is 103 cm³/mol. The van der Waals surface area contributed by atoms with E-state index in [4.69, 9.17) is 14.2 Å². The lowest BCUT2D eigenvalue weighted by atomic mass is 9.84. The number of halogens is 1. The molecule has 138 valence electrons. The van der Waals surface area contributed by atoms with Crippen molar-refractivity contribution in [2.45, 2.75) is 19.3 Å². The molecule has 0 saturated heterocycles. The third-order valence-electron chi connectivity index (χ3n) is 4.41. The van der Waals surface area contributed by atoms with E-state index < -0.39 is 0 Å². The second-order valence-corrected chi connectivity index (χ2v) is 7.69. The molecule has 0 fully saturated rings. The SMILES string of the molecule is COc1cc(C(=O)NCC(C)(C)c2ccc(Br)cc2)cc2c1OCCO2. The Kier molecular flexibility index (Phi) is 5.41. The molecule has 2 aromatic carbocycles. The first-order valence-electron chi connectivity index (χ1n) is 8.42. The highest BCUT2D eigenvalue weighted by Gasteiger charge is 2.24. The fourth-order valence-electron chi connectivity index (χ4n) is 2.81. The third kappa shape index (κ3) is 3.96. The van der Waals surface area contributed by atoms with Crippen molar-refractivity contribution in [3.05, 3.63) is 52.0 Å². The molecule has 0 radical (unpaired) electrons. The third-order valence-corrected chi connectivity index (χ3v) is 4.94. The van der Waals surface area contributed by atoms with Crippen molar-refractivity contribution in [2.75, 3.05) is 26.9 Å². The lowest BCUT2D eigenvalue weighted by Gasteiger charge is -2.26. The standard InChI is InChI=1S/C20H22BrNO4/c1-20(2,14-4-6-15(21)7-5-14)12-22-19(23)13-10-16(24-3)18-17(11-13)25-8-9-26-18/h4-7,10-11H,8-9,12H2,1-3H3,(H,22,23). The summed E-state index contributed by atoms with van der Waals surface area (Å²) in [6.07, 6.45) is 0. The van der Waals surface area contributed by atoms with E-state index in [-0.39, 0.29) is 11.3 Å². The van der Waals surface area contributed by atoms with Crippen molar-refractivity contribution in [3.8, 4) is 17.2 Å². The Hall–Kier alpha value is -2.21. The summed E-state index contributed by atoms with van der Waals surface area (Å²) in [5.41, 5.74) is 1.44. The zero-order valence-corrected chi connectivity index (χ0v) is 16.7. The Morgan fingerprint density at radius 1 is 1.19 bits per heavy atom. The zero-order chi connectivity index (χ0) is 18.7. The number of carbonyl (C=O) groups is 1. The van der Waals surface area contributed by atoms with Gasteiger partial charge in [0, 0.05) is 22.0 Å². The number of amides is 1. The van der Waals surface area contributed by atoms with Gasteiger partial charge in [-0.25, -0.2) is 0 Å². The fourth-order valence-corrected chi connectivity index (χ4v) is 3.07. The first kappa shape index (κ1) is 18.6. The van der Waals surface area contributed by atoms with Crippen LogP contribution in [0.4, 0.5) is 0 Å². The van der Waals surface area contributed by atoms with Gasteiger partial charge in [-0.2, -0.15) is 0 Å². The van der Waals surface area contributed by atoms with Crippen LogP contribution in [0.15, 0.2) is 40.9 Å². The van der Waals surface area contributed by atoms with Crippen LogP contribution < -0.4 is 19.5 Å². The predicted octanol–water partition coefficient (Wildman–Crippen LogP) is 3.94. The summed E-state index contributed by atoms with van der Waals surface area (Å²) in [6.45, 7) is 5.63. The van der Waals surface area contributed by atoms with Crippen molar-refractivity contribution in [3.63, 3.8) is 0 Å². The molecule has 0 unspecified atom stereocenters. The maximum absolute atomic E-state index is 12.7. The van der Waals surface area contributed by atoms with Gasteiger partial charge in [-0.05, 0) is 29.8 Å². The van der Waals surface area contributed by atoms with Crippen molar-refractivity contribution in [1.29, 1.82) is 0 Å². The monoisotopic (exact) mass is 419 g/mol. The molecular weight excluding hydrogens is 398 g/mol. The van der Waals surface area contributed by atoms with Crippen LogP contribution in [0.25, 0.3) is 0 Å². The molecule has 2 aromatic rings. The fraction of sp³-hybridized carbons (Fsp3) is 0.350. The molecule has 0 saturated carbocycles. The molecule has 0 atom stereocenters. The Morgan fingerprint density at radius 2 is 1.88 bits per heavy atom. The van der Waals surface area contributed by atoms with E-state index in [1.54, 1.807) is 19.2 Å². The smallest absolute Gasteiger partial charge is 0.251 e. The number of benzene rings is 2. The molecule has 1 aliphatic rings.